The van der Waals surface area contributed by atoms with Crippen molar-refractivity contribution in [2.75, 3.05) is 0 Å². The van der Waals surface area contributed by atoms with E-state index in [9.17, 15) is 0 Å². The Morgan fingerprint density at radius 2 is 0.833 bits per heavy atom. The number of carboxylic acid groups (broad SMARTS) is 4. The van der Waals surface area contributed by atoms with Crippen LogP contribution in [0.5, 0.6) is 0 Å². The van der Waals surface area contributed by atoms with Crippen LogP contribution in [-0.2, 0) is 34.1 Å². The first-order chi connectivity index (χ1) is 3.46. The Morgan fingerprint density at radius 1 is 0.833 bits per heavy atom. The van der Waals surface area contributed by atoms with Gasteiger partial charge in [-0.05, 0) is 12.3 Å². The van der Waals surface area contributed by atoms with Gasteiger partial charge in [0.25, 0.3) is 0 Å². The SMILES string of the molecule is O=C([O-])[O-].O=C([O-])[O-].[Ca+2].[Fe+2].[Mg+2].[Mn+2]. The number of rotatable bonds is 0. The summed E-state index contributed by atoms with van der Waals surface area (Å²) in [4.78, 5) is 16.7. The van der Waals surface area contributed by atoms with Crippen molar-refractivity contribution in [2.24, 2.45) is 0 Å². The number of carbonyl (C=O) groups is 2. The maximum absolute atomic E-state index is 8.33. The van der Waals surface area contributed by atoms with Gasteiger partial charge in [0, 0.05) is 0 Å². The maximum atomic E-state index is 8.33. The summed E-state index contributed by atoms with van der Waals surface area (Å²) < 4.78 is 0. The Morgan fingerprint density at radius 3 is 0.833 bits per heavy atom. The summed E-state index contributed by atoms with van der Waals surface area (Å²) >= 11 is 0. The molecule has 0 aromatic rings. The molecule has 0 N–H and O–H groups in total. The zero-order valence-corrected chi connectivity index (χ0v) is 11.5. The molecular formula is C2CaFeMgMnO6+4. The van der Waals surface area contributed by atoms with Gasteiger partial charge in [0.1, 0.15) is 0 Å². The van der Waals surface area contributed by atoms with Crippen LogP contribution in [0.4, 0.5) is 9.59 Å². The fourth-order valence-electron chi connectivity index (χ4n) is 0. The molecule has 0 fully saturated rings. The summed E-state index contributed by atoms with van der Waals surface area (Å²) in [6.07, 6.45) is -4.67. The van der Waals surface area contributed by atoms with Crippen LogP contribution in [0.2, 0.25) is 0 Å². The molecule has 0 rings (SSSR count). The maximum Gasteiger partial charge on any atom is 2.00 e. The topological polar surface area (TPSA) is 126 Å². The summed E-state index contributed by atoms with van der Waals surface area (Å²) in [6, 6.07) is 0. The van der Waals surface area contributed by atoms with Gasteiger partial charge in [0.05, 0.1) is 0 Å². The predicted octanol–water partition coefficient (Wildman–Crippen LogP) is -5.66. The van der Waals surface area contributed by atoms with Gasteiger partial charge in [-0.1, -0.05) is 0 Å². The second kappa shape index (κ2) is 29.4. The molecule has 0 saturated carbocycles. The molecule has 0 heterocycles. The first-order valence-electron chi connectivity index (χ1n) is 1.22. The molecule has 0 saturated heterocycles. The minimum absolute atomic E-state index is 0. The van der Waals surface area contributed by atoms with E-state index in [0.717, 1.165) is 0 Å². The number of carbonyl (C=O) groups excluding carboxylic acids is 2. The van der Waals surface area contributed by atoms with Crippen LogP contribution < -0.4 is 20.4 Å². The van der Waals surface area contributed by atoms with Gasteiger partial charge in [-0.25, -0.2) is 0 Å². The van der Waals surface area contributed by atoms with E-state index in [0.29, 0.717) is 0 Å². The van der Waals surface area contributed by atoms with Gasteiger partial charge < -0.3 is 30.0 Å². The zero-order chi connectivity index (χ0) is 7.15. The molecule has 1 radical (unpaired) electrons. The molecule has 0 amide bonds. The fraction of sp³-hybridized carbons (Fsp3) is 0. The molecule has 0 unspecified atom stereocenters. The summed E-state index contributed by atoms with van der Waals surface area (Å²) in [6.45, 7) is 0. The van der Waals surface area contributed by atoms with Gasteiger partial charge in [0.15, 0.2) is 0 Å². The molecule has 59 valence electrons. The van der Waals surface area contributed by atoms with E-state index in [1.165, 1.54) is 0 Å². The van der Waals surface area contributed by atoms with Crippen LogP contribution >= 0.6 is 0 Å². The summed E-state index contributed by atoms with van der Waals surface area (Å²) in [5.74, 6) is 0. The monoisotopic (exact) mass is 295 g/mol. The van der Waals surface area contributed by atoms with E-state index >= 15 is 0 Å². The summed E-state index contributed by atoms with van der Waals surface area (Å²) in [7, 11) is 0. The number of hydrogen-bond donors (Lipinski definition) is 0. The van der Waals surface area contributed by atoms with Crippen molar-refractivity contribution in [1.82, 2.24) is 0 Å². The van der Waals surface area contributed by atoms with Crippen molar-refractivity contribution < 1.29 is 64.2 Å². The van der Waals surface area contributed by atoms with Crippen LogP contribution in [0.1, 0.15) is 0 Å². The van der Waals surface area contributed by atoms with Crippen molar-refractivity contribution in [3.05, 3.63) is 0 Å². The normalized spacial score (nSPS) is 4.00. The molecule has 10 heteroatoms. The van der Waals surface area contributed by atoms with Crippen molar-refractivity contribution >= 4 is 73.1 Å². The first-order valence-corrected chi connectivity index (χ1v) is 1.22. The van der Waals surface area contributed by atoms with E-state index < -0.39 is 12.3 Å². The van der Waals surface area contributed by atoms with Crippen LogP contribution in [0.25, 0.3) is 0 Å². The smallest absolute Gasteiger partial charge is 0.652 e. The minimum atomic E-state index is -2.33. The second-order valence-corrected chi connectivity index (χ2v) is 0.500. The molecule has 6 nitrogen and oxygen atoms in total. The van der Waals surface area contributed by atoms with Gasteiger partial charge in [-0.2, -0.15) is 0 Å². The fourth-order valence-corrected chi connectivity index (χ4v) is 0. The zero-order valence-electron chi connectivity index (χ0n) is 5.60. The molecule has 0 aliphatic heterocycles. The van der Waals surface area contributed by atoms with Crippen LogP contribution in [0.15, 0.2) is 0 Å². The standard InChI is InChI=1S/2CH2O3.Ca.Fe.Mg.Mn/c2*2-1(3)4;;;;/h2*(H2,2,3,4);;;;/q;;4*+2/p-4. The van der Waals surface area contributed by atoms with Crippen molar-refractivity contribution in [3.63, 3.8) is 0 Å². The Bertz CT molecular complexity index is 83.5. The molecule has 0 aromatic carbocycles. The van der Waals surface area contributed by atoms with Crippen molar-refractivity contribution in [3.8, 4) is 0 Å². The van der Waals surface area contributed by atoms with Gasteiger partial charge in [-0.15, -0.1) is 0 Å². The van der Waals surface area contributed by atoms with E-state index in [-0.39, 0.29) is 94.9 Å². The molecule has 0 bridgehead atoms. The molecule has 0 spiro atoms. The Hall–Kier alpha value is 1.60. The molecular weight excluding hydrogens is 295 g/mol. The quantitative estimate of drug-likeness (QED) is 0.410. The Labute approximate surface area is 135 Å². The molecule has 0 aliphatic carbocycles. The second-order valence-electron chi connectivity index (χ2n) is 0.500. The third-order valence-corrected chi connectivity index (χ3v) is 0. The molecule has 12 heavy (non-hydrogen) atoms. The average molecular weight is 295 g/mol. The summed E-state index contributed by atoms with van der Waals surface area (Å²) in [5.41, 5.74) is 0. The van der Waals surface area contributed by atoms with E-state index in [1.807, 2.05) is 0 Å². The third-order valence-electron chi connectivity index (χ3n) is 0. The third kappa shape index (κ3) is 507. The Balaban J connectivity index is -0.0000000112. The Kier molecular flexibility index (Phi) is 91.4. The molecule has 0 aliphatic rings. The summed E-state index contributed by atoms with van der Waals surface area (Å²) in [5, 5.41) is 33.3. The minimum Gasteiger partial charge on any atom is -0.652 e. The van der Waals surface area contributed by atoms with Crippen molar-refractivity contribution in [2.45, 2.75) is 0 Å². The predicted molar refractivity (Wildman–Crippen MR) is 22.3 cm³/mol. The first kappa shape index (κ1) is 37.4. The van der Waals surface area contributed by atoms with Crippen LogP contribution in [0, 0.1) is 0 Å². The van der Waals surface area contributed by atoms with E-state index in [4.69, 9.17) is 30.0 Å². The van der Waals surface area contributed by atoms with Crippen LogP contribution in [0.3, 0.4) is 0 Å². The van der Waals surface area contributed by atoms with Crippen LogP contribution in [-0.4, -0.2) is 73.1 Å². The van der Waals surface area contributed by atoms with Gasteiger partial charge in [-0.3, -0.25) is 0 Å². The van der Waals surface area contributed by atoms with Gasteiger partial charge in [0.2, 0.25) is 0 Å². The van der Waals surface area contributed by atoms with Crippen molar-refractivity contribution in [1.29, 1.82) is 0 Å². The number of hydrogen-bond acceptors (Lipinski definition) is 6. The molecule has 0 atom stereocenters. The van der Waals surface area contributed by atoms with E-state index in [1.54, 1.807) is 0 Å². The largest absolute Gasteiger partial charge is 2.00 e. The average Bonchev–Trinajstić information content (AvgIpc) is 1.25. The molecule has 0 aromatic heterocycles. The van der Waals surface area contributed by atoms with Gasteiger partial charge >= 0.3 is 94.9 Å². The van der Waals surface area contributed by atoms with E-state index in [2.05, 4.69) is 0 Å².